The van der Waals surface area contributed by atoms with Gasteiger partial charge in [0.05, 0.1) is 31.6 Å². The van der Waals surface area contributed by atoms with E-state index in [1.165, 1.54) is 4.68 Å². The van der Waals surface area contributed by atoms with Crippen LogP contribution in [0, 0.1) is 6.92 Å². The lowest BCUT2D eigenvalue weighted by atomic mass is 10.4. The molecule has 0 aliphatic carbocycles. The molecule has 2 aromatic heterocycles. The SMILES string of the molecule is Cc1csc(CNc2cnn(CCO)c(=O)c2Br)n1. The number of hydrogen-bond donors (Lipinski definition) is 2. The zero-order chi connectivity index (χ0) is 13.8. The van der Waals surface area contributed by atoms with Gasteiger partial charge in [-0.15, -0.1) is 11.3 Å². The minimum absolute atomic E-state index is 0.121. The van der Waals surface area contributed by atoms with Crippen molar-refractivity contribution in [2.45, 2.75) is 20.0 Å². The molecule has 0 unspecified atom stereocenters. The van der Waals surface area contributed by atoms with Crippen LogP contribution >= 0.6 is 27.3 Å². The molecule has 0 aliphatic heterocycles. The number of aryl methyl sites for hydroxylation is 1. The van der Waals surface area contributed by atoms with Crippen molar-refractivity contribution >= 4 is 33.0 Å². The fraction of sp³-hybridized carbons (Fsp3) is 0.364. The van der Waals surface area contributed by atoms with Crippen LogP contribution in [0.4, 0.5) is 5.69 Å². The number of aromatic nitrogens is 3. The van der Waals surface area contributed by atoms with Gasteiger partial charge in [0.15, 0.2) is 0 Å². The third-order valence-corrected chi connectivity index (χ3v) is 4.13. The van der Waals surface area contributed by atoms with Gasteiger partial charge in [-0.1, -0.05) is 0 Å². The highest BCUT2D eigenvalue weighted by atomic mass is 79.9. The molecule has 102 valence electrons. The molecular formula is C11H13BrN4O2S. The average molecular weight is 345 g/mol. The summed E-state index contributed by atoms with van der Waals surface area (Å²) >= 11 is 4.81. The first-order valence-electron chi connectivity index (χ1n) is 5.63. The maximum atomic E-state index is 11.9. The van der Waals surface area contributed by atoms with Crippen LogP contribution < -0.4 is 10.9 Å². The monoisotopic (exact) mass is 344 g/mol. The van der Waals surface area contributed by atoms with E-state index in [0.717, 1.165) is 10.7 Å². The molecule has 0 atom stereocenters. The molecule has 0 amide bonds. The molecule has 2 aromatic rings. The van der Waals surface area contributed by atoms with Crippen LogP contribution in [0.1, 0.15) is 10.7 Å². The predicted octanol–water partition coefficient (Wildman–Crippen LogP) is 1.38. The molecule has 0 aromatic carbocycles. The fourth-order valence-corrected chi connectivity index (χ4v) is 2.66. The molecule has 0 radical (unpaired) electrons. The summed E-state index contributed by atoms with van der Waals surface area (Å²) in [5, 5.41) is 18.8. The molecule has 0 saturated heterocycles. The van der Waals surface area contributed by atoms with E-state index in [4.69, 9.17) is 5.11 Å². The minimum atomic E-state index is -0.269. The molecule has 2 N–H and O–H groups in total. The molecular weight excluding hydrogens is 332 g/mol. The van der Waals surface area contributed by atoms with Gasteiger partial charge < -0.3 is 10.4 Å². The zero-order valence-corrected chi connectivity index (χ0v) is 12.7. The number of nitrogens with zero attached hydrogens (tertiary/aromatic N) is 3. The number of anilines is 1. The second-order valence-corrected chi connectivity index (χ2v) is 5.60. The lowest BCUT2D eigenvalue weighted by Gasteiger charge is -2.08. The molecule has 2 heterocycles. The van der Waals surface area contributed by atoms with Crippen molar-refractivity contribution in [3.63, 3.8) is 0 Å². The number of rotatable bonds is 5. The standard InChI is InChI=1S/C11H13BrN4O2S/c1-7-6-19-9(15-7)5-13-8-4-14-16(2-3-17)11(18)10(8)12/h4,6,13,17H,2-3,5H2,1H3. The van der Waals surface area contributed by atoms with E-state index in [2.05, 4.69) is 31.3 Å². The maximum absolute atomic E-state index is 11.9. The van der Waals surface area contributed by atoms with Crippen molar-refractivity contribution in [1.82, 2.24) is 14.8 Å². The summed E-state index contributed by atoms with van der Waals surface area (Å²) in [6.45, 7) is 2.55. The van der Waals surface area contributed by atoms with E-state index >= 15 is 0 Å². The first-order valence-corrected chi connectivity index (χ1v) is 7.30. The smallest absolute Gasteiger partial charge is 0.283 e. The molecule has 0 aliphatic rings. The van der Waals surface area contributed by atoms with E-state index < -0.39 is 0 Å². The van der Waals surface area contributed by atoms with Gasteiger partial charge in [0.2, 0.25) is 0 Å². The van der Waals surface area contributed by atoms with Crippen LogP contribution in [0.5, 0.6) is 0 Å². The van der Waals surface area contributed by atoms with Crippen LogP contribution in [-0.2, 0) is 13.1 Å². The Balaban J connectivity index is 2.13. The number of hydrogen-bond acceptors (Lipinski definition) is 6. The van der Waals surface area contributed by atoms with Crippen molar-refractivity contribution in [2.75, 3.05) is 11.9 Å². The fourth-order valence-electron chi connectivity index (χ4n) is 1.50. The molecule has 0 fully saturated rings. The second-order valence-electron chi connectivity index (χ2n) is 3.86. The first kappa shape index (κ1) is 14.2. The highest BCUT2D eigenvalue weighted by molar-refractivity contribution is 9.10. The van der Waals surface area contributed by atoms with Crippen LogP contribution in [0.2, 0.25) is 0 Å². The molecule has 19 heavy (non-hydrogen) atoms. The second kappa shape index (κ2) is 6.27. The van der Waals surface area contributed by atoms with E-state index in [1.54, 1.807) is 17.5 Å². The van der Waals surface area contributed by atoms with Gasteiger partial charge in [0.1, 0.15) is 9.48 Å². The van der Waals surface area contributed by atoms with E-state index in [0.29, 0.717) is 16.7 Å². The molecule has 6 nitrogen and oxygen atoms in total. The Morgan fingerprint density at radius 1 is 1.58 bits per heavy atom. The Kier molecular flexibility index (Phi) is 4.67. The summed E-state index contributed by atoms with van der Waals surface area (Å²) in [6.07, 6.45) is 1.56. The number of aliphatic hydroxyl groups excluding tert-OH is 1. The highest BCUT2D eigenvalue weighted by Crippen LogP contribution is 2.18. The van der Waals surface area contributed by atoms with Crippen LogP contribution in [0.25, 0.3) is 0 Å². The summed E-state index contributed by atoms with van der Waals surface area (Å²) in [7, 11) is 0. The topological polar surface area (TPSA) is 80.0 Å². The van der Waals surface area contributed by atoms with E-state index in [1.807, 2.05) is 12.3 Å². The average Bonchev–Trinajstić information content (AvgIpc) is 2.80. The number of nitrogens with one attached hydrogen (secondary N) is 1. The van der Waals surface area contributed by atoms with Gasteiger partial charge >= 0.3 is 0 Å². The van der Waals surface area contributed by atoms with Crippen molar-refractivity contribution in [1.29, 1.82) is 0 Å². The van der Waals surface area contributed by atoms with Crippen molar-refractivity contribution in [3.05, 3.63) is 37.1 Å². The van der Waals surface area contributed by atoms with Gasteiger partial charge in [-0.3, -0.25) is 4.79 Å². The van der Waals surface area contributed by atoms with Crippen LogP contribution in [0.3, 0.4) is 0 Å². The molecule has 0 bridgehead atoms. The molecule has 0 spiro atoms. The number of thiazole rings is 1. The third kappa shape index (κ3) is 3.40. The third-order valence-electron chi connectivity index (χ3n) is 2.39. The minimum Gasteiger partial charge on any atom is -0.394 e. The van der Waals surface area contributed by atoms with Gasteiger partial charge in [-0.2, -0.15) is 5.10 Å². The highest BCUT2D eigenvalue weighted by Gasteiger charge is 2.09. The number of aliphatic hydroxyl groups is 1. The Labute approximate surface area is 122 Å². The lowest BCUT2D eigenvalue weighted by Crippen LogP contribution is -2.25. The summed E-state index contributed by atoms with van der Waals surface area (Å²) < 4.78 is 1.62. The maximum Gasteiger partial charge on any atom is 0.283 e. The lowest BCUT2D eigenvalue weighted by molar-refractivity contribution is 0.266. The largest absolute Gasteiger partial charge is 0.394 e. The summed E-state index contributed by atoms with van der Waals surface area (Å²) in [5.74, 6) is 0. The molecule has 0 saturated carbocycles. The van der Waals surface area contributed by atoms with E-state index in [9.17, 15) is 4.79 Å². The van der Waals surface area contributed by atoms with Gasteiger partial charge in [0, 0.05) is 11.1 Å². The quantitative estimate of drug-likeness (QED) is 0.856. The summed E-state index contributed by atoms with van der Waals surface area (Å²) in [6, 6.07) is 0. The predicted molar refractivity (Wildman–Crippen MR) is 77.5 cm³/mol. The van der Waals surface area contributed by atoms with Crippen LogP contribution in [0.15, 0.2) is 20.8 Å². The summed E-state index contributed by atoms with van der Waals surface area (Å²) in [5.41, 5.74) is 1.33. The van der Waals surface area contributed by atoms with Gasteiger partial charge in [-0.25, -0.2) is 9.67 Å². The van der Waals surface area contributed by atoms with Crippen molar-refractivity contribution in [3.8, 4) is 0 Å². The zero-order valence-electron chi connectivity index (χ0n) is 10.3. The Morgan fingerprint density at radius 2 is 2.37 bits per heavy atom. The van der Waals surface area contributed by atoms with Crippen LogP contribution in [-0.4, -0.2) is 26.5 Å². The normalized spacial score (nSPS) is 10.7. The Bertz CT molecular complexity index is 625. The van der Waals surface area contributed by atoms with Crippen molar-refractivity contribution < 1.29 is 5.11 Å². The first-order chi connectivity index (χ1) is 9.11. The van der Waals surface area contributed by atoms with E-state index in [-0.39, 0.29) is 18.7 Å². The van der Waals surface area contributed by atoms with Crippen molar-refractivity contribution in [2.24, 2.45) is 0 Å². The number of halogens is 1. The molecule has 2 rings (SSSR count). The summed E-state index contributed by atoms with van der Waals surface area (Å²) in [4.78, 5) is 16.2. The van der Waals surface area contributed by atoms with Gasteiger partial charge in [0.25, 0.3) is 5.56 Å². The Morgan fingerprint density at radius 3 is 3.00 bits per heavy atom. The Hall–Kier alpha value is -1.25. The van der Waals surface area contributed by atoms with Gasteiger partial charge in [-0.05, 0) is 22.9 Å². The molecule has 8 heteroatoms.